The number of benzene rings is 2. The Morgan fingerprint density at radius 3 is 2.69 bits per heavy atom. The van der Waals surface area contributed by atoms with Crippen LogP contribution in [0, 0.1) is 22.0 Å². The van der Waals surface area contributed by atoms with Gasteiger partial charge < -0.3 is 5.32 Å². The Kier molecular flexibility index (Phi) is 3.86. The lowest BCUT2D eigenvalue weighted by Gasteiger charge is -2.36. The minimum atomic E-state index is -1.26. The number of rotatable bonds is 2. The first-order valence-electron chi connectivity index (χ1n) is 10.4. The molecule has 0 radical (unpaired) electrons. The van der Waals surface area contributed by atoms with Crippen LogP contribution in [0.25, 0.3) is 0 Å². The van der Waals surface area contributed by atoms with E-state index in [9.17, 15) is 24.5 Å². The quantitative estimate of drug-likeness (QED) is 0.426. The molecule has 0 bridgehead atoms. The maximum atomic E-state index is 13.8. The number of nitrogens with one attached hydrogen (secondary N) is 1. The van der Waals surface area contributed by atoms with Crippen molar-refractivity contribution in [1.29, 1.82) is 0 Å². The van der Waals surface area contributed by atoms with Crippen molar-refractivity contribution in [2.45, 2.75) is 24.4 Å². The van der Waals surface area contributed by atoms with Crippen LogP contribution in [0.5, 0.6) is 0 Å². The van der Waals surface area contributed by atoms with E-state index in [-0.39, 0.29) is 28.3 Å². The van der Waals surface area contributed by atoms with Gasteiger partial charge in [0.05, 0.1) is 22.4 Å². The number of anilines is 2. The zero-order chi connectivity index (χ0) is 22.4. The average Bonchev–Trinajstić information content (AvgIpc) is 3.47. The molecule has 0 aliphatic carbocycles. The molecule has 3 fully saturated rings. The summed E-state index contributed by atoms with van der Waals surface area (Å²) in [5, 5.41) is 14.2. The number of hydrogen-bond acceptors (Lipinski definition) is 6. The summed E-state index contributed by atoms with van der Waals surface area (Å²) in [7, 11) is 0. The minimum Gasteiger partial charge on any atom is -0.324 e. The zero-order valence-corrected chi connectivity index (χ0v) is 17.4. The molecule has 0 saturated carbocycles. The second-order valence-electron chi connectivity index (χ2n) is 8.58. The largest absolute Gasteiger partial charge is 0.324 e. The summed E-state index contributed by atoms with van der Waals surface area (Å²) in [6, 6.07) is 10.9. The molecule has 1 spiro atoms. The number of carbonyl (C=O) groups is 3. The third-order valence-corrected chi connectivity index (χ3v) is 7.60. The number of halogens is 1. The topological polar surface area (TPSA) is 113 Å². The van der Waals surface area contributed by atoms with Gasteiger partial charge in [0.25, 0.3) is 5.69 Å². The van der Waals surface area contributed by atoms with Gasteiger partial charge >= 0.3 is 0 Å². The van der Waals surface area contributed by atoms with Gasteiger partial charge in [0.2, 0.25) is 17.7 Å². The van der Waals surface area contributed by atoms with Crippen molar-refractivity contribution in [3.63, 3.8) is 0 Å². The van der Waals surface area contributed by atoms with Crippen molar-refractivity contribution >= 4 is 46.4 Å². The third-order valence-electron chi connectivity index (χ3n) is 7.28. The Labute approximate surface area is 187 Å². The molecule has 32 heavy (non-hydrogen) atoms. The number of fused-ring (bicyclic) bond motifs is 7. The van der Waals surface area contributed by atoms with Crippen LogP contribution in [0.1, 0.15) is 18.4 Å². The van der Waals surface area contributed by atoms with Crippen LogP contribution >= 0.6 is 11.6 Å². The van der Waals surface area contributed by atoms with E-state index in [0.717, 1.165) is 17.4 Å². The third kappa shape index (κ3) is 2.14. The van der Waals surface area contributed by atoms with E-state index < -0.39 is 34.1 Å². The number of nitro groups is 1. The van der Waals surface area contributed by atoms with Crippen molar-refractivity contribution in [2.75, 3.05) is 16.8 Å². The summed E-state index contributed by atoms with van der Waals surface area (Å²) in [4.78, 5) is 54.6. The highest BCUT2D eigenvalue weighted by atomic mass is 35.5. The van der Waals surface area contributed by atoms with Crippen molar-refractivity contribution in [3.05, 3.63) is 63.2 Å². The summed E-state index contributed by atoms with van der Waals surface area (Å²) >= 11 is 5.92. The molecule has 4 atom stereocenters. The molecule has 4 heterocycles. The van der Waals surface area contributed by atoms with Crippen LogP contribution in [-0.2, 0) is 19.9 Å². The van der Waals surface area contributed by atoms with E-state index in [1.165, 1.54) is 12.1 Å². The van der Waals surface area contributed by atoms with Crippen LogP contribution in [0.2, 0.25) is 5.02 Å². The molecule has 3 amide bonds. The van der Waals surface area contributed by atoms with Crippen LogP contribution in [0.4, 0.5) is 17.1 Å². The van der Waals surface area contributed by atoms with Crippen LogP contribution in [0.15, 0.2) is 42.5 Å². The molecule has 4 aliphatic heterocycles. The predicted molar refractivity (Wildman–Crippen MR) is 114 cm³/mol. The number of para-hydroxylation sites is 1. The summed E-state index contributed by atoms with van der Waals surface area (Å²) in [5.41, 5.74) is -0.207. The zero-order valence-electron chi connectivity index (χ0n) is 16.7. The van der Waals surface area contributed by atoms with E-state index in [4.69, 9.17) is 11.6 Å². The monoisotopic (exact) mass is 452 g/mol. The summed E-state index contributed by atoms with van der Waals surface area (Å²) in [6.45, 7) is 0.617. The van der Waals surface area contributed by atoms with Gasteiger partial charge in [-0.1, -0.05) is 29.8 Å². The first-order chi connectivity index (χ1) is 15.4. The van der Waals surface area contributed by atoms with E-state index in [1.807, 2.05) is 23.1 Å². The Hall–Kier alpha value is -3.30. The highest BCUT2D eigenvalue weighted by molar-refractivity contribution is 6.33. The van der Waals surface area contributed by atoms with Gasteiger partial charge in [-0.05, 0) is 37.6 Å². The molecule has 162 valence electrons. The molecule has 0 unspecified atom stereocenters. The molecular formula is C22H17ClN4O5. The first-order valence-corrected chi connectivity index (χ1v) is 10.7. The Morgan fingerprint density at radius 1 is 1.12 bits per heavy atom. The number of carbonyl (C=O) groups excluding carboxylic acids is 3. The van der Waals surface area contributed by atoms with E-state index in [0.29, 0.717) is 24.2 Å². The van der Waals surface area contributed by atoms with Gasteiger partial charge in [-0.15, -0.1) is 0 Å². The fourth-order valence-corrected chi connectivity index (χ4v) is 6.38. The summed E-state index contributed by atoms with van der Waals surface area (Å²) < 4.78 is 0. The SMILES string of the molecule is O=C1[C@H]2[C@@H](C(=O)N1c1ccc(Cl)c([N+](=O)[O-])c1)[C@]1(C(=O)Nc3ccccc31)N1CCC[C@@H]21. The molecule has 0 aromatic heterocycles. The molecule has 10 heteroatoms. The molecule has 2 aromatic rings. The van der Waals surface area contributed by atoms with Gasteiger partial charge in [0.1, 0.15) is 10.6 Å². The highest BCUT2D eigenvalue weighted by Crippen LogP contribution is 2.60. The maximum Gasteiger partial charge on any atom is 0.289 e. The van der Waals surface area contributed by atoms with E-state index in [2.05, 4.69) is 5.32 Å². The van der Waals surface area contributed by atoms with Gasteiger partial charge in [-0.3, -0.25) is 29.4 Å². The van der Waals surface area contributed by atoms with Crippen LogP contribution in [-0.4, -0.2) is 40.1 Å². The summed E-state index contributed by atoms with van der Waals surface area (Å²) in [6.07, 6.45) is 1.52. The van der Waals surface area contributed by atoms with Gasteiger partial charge in [-0.2, -0.15) is 0 Å². The van der Waals surface area contributed by atoms with Gasteiger partial charge in [-0.25, -0.2) is 4.90 Å². The number of hydrogen-bond donors (Lipinski definition) is 1. The van der Waals surface area contributed by atoms with Crippen molar-refractivity contribution in [1.82, 2.24) is 4.90 Å². The van der Waals surface area contributed by atoms with E-state index >= 15 is 0 Å². The van der Waals surface area contributed by atoms with Gasteiger partial charge in [0, 0.05) is 23.4 Å². The molecule has 3 saturated heterocycles. The maximum absolute atomic E-state index is 13.8. The lowest BCUT2D eigenvalue weighted by Crippen LogP contribution is -2.54. The van der Waals surface area contributed by atoms with Crippen LogP contribution in [0.3, 0.4) is 0 Å². The lowest BCUT2D eigenvalue weighted by atomic mass is 9.75. The Balaban J connectivity index is 1.53. The lowest BCUT2D eigenvalue weighted by molar-refractivity contribution is -0.384. The number of amides is 3. The van der Waals surface area contributed by atoms with Crippen molar-refractivity contribution in [3.8, 4) is 0 Å². The fourth-order valence-electron chi connectivity index (χ4n) is 6.19. The fraction of sp³-hybridized carbons (Fsp3) is 0.318. The van der Waals surface area contributed by atoms with E-state index in [1.54, 1.807) is 6.07 Å². The number of nitro benzene ring substituents is 1. The normalized spacial score (nSPS) is 30.6. The Bertz CT molecular complexity index is 1250. The molecule has 1 N–H and O–H groups in total. The number of nitrogens with zero attached hydrogens (tertiary/aromatic N) is 3. The van der Waals surface area contributed by atoms with Crippen molar-refractivity contribution < 1.29 is 19.3 Å². The molecule has 4 aliphatic rings. The average molecular weight is 453 g/mol. The Morgan fingerprint density at radius 2 is 1.91 bits per heavy atom. The van der Waals surface area contributed by atoms with Crippen LogP contribution < -0.4 is 10.2 Å². The molecule has 2 aromatic carbocycles. The smallest absolute Gasteiger partial charge is 0.289 e. The second-order valence-corrected chi connectivity index (χ2v) is 8.98. The molecular weight excluding hydrogens is 436 g/mol. The first kappa shape index (κ1) is 19.4. The minimum absolute atomic E-state index is 0.0828. The van der Waals surface area contributed by atoms with Gasteiger partial charge in [0.15, 0.2) is 0 Å². The van der Waals surface area contributed by atoms with Crippen molar-refractivity contribution in [2.24, 2.45) is 11.8 Å². The summed E-state index contributed by atoms with van der Waals surface area (Å²) in [5.74, 6) is -2.85. The highest BCUT2D eigenvalue weighted by Gasteiger charge is 2.74. The predicted octanol–water partition coefficient (Wildman–Crippen LogP) is 2.68. The number of imide groups is 1. The molecule has 6 rings (SSSR count). The second kappa shape index (κ2) is 6.36. The molecule has 9 nitrogen and oxygen atoms in total. The standard InChI is InChI=1S/C22H17ClN4O5/c23-13-8-7-11(10-16(13)27(31)32)26-19(28)17-15-6-3-9-25(15)22(18(17)20(26)29)12-4-1-2-5-14(12)24-21(22)30/h1-2,4-5,7-8,10,15,17-18H,3,6,9H2,(H,24,30)/t15-,17+,18-,22+/m0/s1.